The lowest BCUT2D eigenvalue weighted by Crippen LogP contribution is -2.47. The van der Waals surface area contributed by atoms with Gasteiger partial charge in [-0.2, -0.15) is 0 Å². The van der Waals surface area contributed by atoms with Crippen LogP contribution in [0.1, 0.15) is 25.5 Å². The Balaban J connectivity index is 2.28. The molecule has 2 atom stereocenters. The highest BCUT2D eigenvalue weighted by Gasteiger charge is 2.29. The van der Waals surface area contributed by atoms with E-state index in [4.69, 9.17) is 5.73 Å². The van der Waals surface area contributed by atoms with Gasteiger partial charge in [0, 0.05) is 23.1 Å². The van der Waals surface area contributed by atoms with Gasteiger partial charge < -0.3 is 10.6 Å². The molecule has 0 saturated carbocycles. The van der Waals surface area contributed by atoms with Gasteiger partial charge in [0.25, 0.3) is 0 Å². The maximum absolute atomic E-state index is 11.6. The van der Waals surface area contributed by atoms with Gasteiger partial charge in [0.15, 0.2) is 9.84 Å². The first-order chi connectivity index (χ1) is 8.80. The molecular formula is C13H19BrN2O2S. The highest BCUT2D eigenvalue weighted by molar-refractivity contribution is 9.10. The fourth-order valence-electron chi connectivity index (χ4n) is 2.40. The zero-order chi connectivity index (χ0) is 14.2. The van der Waals surface area contributed by atoms with E-state index in [9.17, 15) is 8.42 Å². The third-order valence-electron chi connectivity index (χ3n) is 3.48. The molecule has 4 nitrogen and oxygen atoms in total. The van der Waals surface area contributed by atoms with Crippen molar-refractivity contribution < 1.29 is 8.42 Å². The minimum Gasteiger partial charge on any atom is -0.366 e. The summed E-state index contributed by atoms with van der Waals surface area (Å²) in [6.07, 6.45) is 0. The van der Waals surface area contributed by atoms with Crippen LogP contribution in [0.15, 0.2) is 22.7 Å². The molecule has 2 rings (SSSR count). The summed E-state index contributed by atoms with van der Waals surface area (Å²) < 4.78 is 24.2. The maximum Gasteiger partial charge on any atom is 0.154 e. The number of nitrogens with zero attached hydrogens (tertiary/aromatic N) is 1. The standard InChI is InChI=1S/C13H19BrN2O2S/c1-9-8-19(17,18)6-5-16(9)13-4-3-11(10(2)15)7-12(13)14/h3-4,7,9-10H,5-6,8,15H2,1-2H3/t9?,10-/m1/s1. The number of hydrogen-bond donors (Lipinski definition) is 1. The first-order valence-electron chi connectivity index (χ1n) is 6.32. The second-order valence-electron chi connectivity index (χ2n) is 5.16. The van der Waals surface area contributed by atoms with E-state index < -0.39 is 9.84 Å². The van der Waals surface area contributed by atoms with Gasteiger partial charge in [-0.15, -0.1) is 0 Å². The van der Waals surface area contributed by atoms with Crippen LogP contribution in [0.4, 0.5) is 5.69 Å². The number of sulfone groups is 1. The van der Waals surface area contributed by atoms with Crippen molar-refractivity contribution in [2.45, 2.75) is 25.9 Å². The molecular weight excluding hydrogens is 328 g/mol. The van der Waals surface area contributed by atoms with Gasteiger partial charge in [-0.05, 0) is 47.5 Å². The molecule has 19 heavy (non-hydrogen) atoms. The number of halogens is 1. The molecule has 1 heterocycles. The summed E-state index contributed by atoms with van der Waals surface area (Å²) in [5.41, 5.74) is 7.96. The monoisotopic (exact) mass is 346 g/mol. The minimum atomic E-state index is -2.88. The molecule has 6 heteroatoms. The largest absolute Gasteiger partial charge is 0.366 e. The van der Waals surface area contributed by atoms with E-state index in [-0.39, 0.29) is 23.6 Å². The van der Waals surface area contributed by atoms with Crippen LogP contribution >= 0.6 is 15.9 Å². The van der Waals surface area contributed by atoms with Gasteiger partial charge in [0.05, 0.1) is 17.2 Å². The van der Waals surface area contributed by atoms with Crippen LogP contribution in [-0.2, 0) is 9.84 Å². The topological polar surface area (TPSA) is 63.4 Å². The molecule has 0 radical (unpaired) electrons. The second-order valence-corrected chi connectivity index (χ2v) is 8.24. The first kappa shape index (κ1) is 14.8. The average Bonchev–Trinajstić information content (AvgIpc) is 2.29. The fourth-order valence-corrected chi connectivity index (χ4v) is 4.58. The molecule has 1 unspecified atom stereocenters. The summed E-state index contributed by atoms with van der Waals surface area (Å²) in [5.74, 6) is 0.438. The molecule has 1 aromatic rings. The van der Waals surface area contributed by atoms with E-state index >= 15 is 0 Å². The zero-order valence-electron chi connectivity index (χ0n) is 11.1. The second kappa shape index (κ2) is 5.42. The third kappa shape index (κ3) is 3.30. The Labute approximate surface area is 123 Å². The smallest absolute Gasteiger partial charge is 0.154 e. The lowest BCUT2D eigenvalue weighted by atomic mass is 10.1. The van der Waals surface area contributed by atoms with E-state index in [1.165, 1.54) is 0 Å². The van der Waals surface area contributed by atoms with Crippen molar-refractivity contribution in [3.8, 4) is 0 Å². The summed E-state index contributed by atoms with van der Waals surface area (Å²) in [4.78, 5) is 2.14. The predicted molar refractivity (Wildman–Crippen MR) is 82.2 cm³/mol. The SMILES string of the molecule is CC1CS(=O)(=O)CCN1c1ccc([C@@H](C)N)cc1Br. The fraction of sp³-hybridized carbons (Fsp3) is 0.538. The molecule has 0 amide bonds. The quantitative estimate of drug-likeness (QED) is 0.890. The van der Waals surface area contributed by atoms with E-state index in [1.807, 2.05) is 32.0 Å². The first-order valence-corrected chi connectivity index (χ1v) is 8.94. The molecule has 2 N–H and O–H groups in total. The Kier molecular flexibility index (Phi) is 4.23. The Bertz CT molecular complexity index is 572. The number of anilines is 1. The average molecular weight is 347 g/mol. The number of nitrogens with two attached hydrogens (primary N) is 1. The van der Waals surface area contributed by atoms with Gasteiger partial charge in [-0.25, -0.2) is 8.42 Å². The molecule has 0 aliphatic carbocycles. The summed E-state index contributed by atoms with van der Waals surface area (Å²) in [6, 6.07) is 6.01. The van der Waals surface area contributed by atoms with Crippen LogP contribution in [0.3, 0.4) is 0 Å². The molecule has 0 aromatic heterocycles. The summed E-state index contributed by atoms with van der Waals surface area (Å²) >= 11 is 3.56. The third-order valence-corrected chi connectivity index (χ3v) is 5.91. The highest BCUT2D eigenvalue weighted by atomic mass is 79.9. The van der Waals surface area contributed by atoms with Crippen molar-refractivity contribution in [1.82, 2.24) is 0 Å². The van der Waals surface area contributed by atoms with Crippen molar-refractivity contribution >= 4 is 31.5 Å². The van der Waals surface area contributed by atoms with Crippen LogP contribution in [0.25, 0.3) is 0 Å². The lowest BCUT2D eigenvalue weighted by molar-refractivity contribution is 0.568. The molecule has 0 bridgehead atoms. The van der Waals surface area contributed by atoms with Gasteiger partial charge in [0.2, 0.25) is 0 Å². The van der Waals surface area contributed by atoms with Crippen LogP contribution in [0.2, 0.25) is 0 Å². The Morgan fingerprint density at radius 1 is 1.47 bits per heavy atom. The normalized spacial score (nSPS) is 24.2. The van der Waals surface area contributed by atoms with Crippen LogP contribution in [-0.4, -0.2) is 32.5 Å². The van der Waals surface area contributed by atoms with Crippen LogP contribution in [0.5, 0.6) is 0 Å². The lowest BCUT2D eigenvalue weighted by Gasteiger charge is -2.36. The van der Waals surface area contributed by atoms with Crippen molar-refractivity contribution in [1.29, 1.82) is 0 Å². The van der Waals surface area contributed by atoms with Crippen molar-refractivity contribution in [2.75, 3.05) is 23.0 Å². The van der Waals surface area contributed by atoms with Crippen molar-refractivity contribution in [3.05, 3.63) is 28.2 Å². The maximum atomic E-state index is 11.6. The number of rotatable bonds is 2. The van der Waals surface area contributed by atoms with Crippen LogP contribution < -0.4 is 10.6 Å². The molecule has 0 spiro atoms. The van der Waals surface area contributed by atoms with E-state index in [0.29, 0.717) is 6.54 Å². The summed E-state index contributed by atoms with van der Waals surface area (Å²) in [7, 11) is -2.88. The minimum absolute atomic E-state index is 0.00352. The Hall–Kier alpha value is -0.590. The van der Waals surface area contributed by atoms with Gasteiger partial charge in [-0.1, -0.05) is 6.07 Å². The molecule has 1 saturated heterocycles. The van der Waals surface area contributed by atoms with Crippen molar-refractivity contribution in [2.24, 2.45) is 5.73 Å². The zero-order valence-corrected chi connectivity index (χ0v) is 13.5. The molecule has 1 fully saturated rings. The van der Waals surface area contributed by atoms with Gasteiger partial charge in [0.1, 0.15) is 0 Å². The predicted octanol–water partition coefficient (Wildman–Crippen LogP) is 2.09. The van der Waals surface area contributed by atoms with Crippen molar-refractivity contribution in [3.63, 3.8) is 0 Å². The summed E-state index contributed by atoms with van der Waals surface area (Å²) in [5, 5.41) is 0. The number of hydrogen-bond acceptors (Lipinski definition) is 4. The van der Waals surface area contributed by atoms with E-state index in [0.717, 1.165) is 15.7 Å². The summed E-state index contributed by atoms with van der Waals surface area (Å²) in [6.45, 7) is 4.43. The molecule has 1 aliphatic rings. The van der Waals surface area contributed by atoms with E-state index in [2.05, 4.69) is 20.8 Å². The molecule has 106 valence electrons. The highest BCUT2D eigenvalue weighted by Crippen LogP contribution is 2.31. The Morgan fingerprint density at radius 2 is 2.16 bits per heavy atom. The van der Waals surface area contributed by atoms with Gasteiger partial charge in [-0.3, -0.25) is 0 Å². The Morgan fingerprint density at radius 3 is 2.68 bits per heavy atom. The van der Waals surface area contributed by atoms with Gasteiger partial charge >= 0.3 is 0 Å². The molecule has 1 aromatic carbocycles. The van der Waals surface area contributed by atoms with Crippen LogP contribution in [0, 0.1) is 0 Å². The number of benzene rings is 1. The molecule has 1 aliphatic heterocycles. The van der Waals surface area contributed by atoms with E-state index in [1.54, 1.807) is 0 Å².